The number of carboxylic acid groups (broad SMARTS) is 1. The van der Waals surface area contributed by atoms with E-state index >= 15 is 0 Å². The zero-order chi connectivity index (χ0) is 24.5. The Kier molecular flexibility index (Phi) is 5.94. The molecule has 1 heterocycles. The van der Waals surface area contributed by atoms with Gasteiger partial charge in [0.05, 0.1) is 17.2 Å². The standard InChI is InChI=1S/C27H23FN2O5/c28-17-9-10-24(22(13-17)25(31)30-12-11-16(14-30)26(32)33)29-27(34)35-15-23-20-7-3-1-5-18(20)19-6-2-4-8-21(19)23/h1-10,13,16,23H,11-12,14-15H2,(H,29,34)(H,32,33). The lowest BCUT2D eigenvalue weighted by Gasteiger charge is -2.19. The summed E-state index contributed by atoms with van der Waals surface area (Å²) in [5, 5.41) is 11.8. The summed E-state index contributed by atoms with van der Waals surface area (Å²) in [7, 11) is 0. The number of carboxylic acids is 1. The van der Waals surface area contributed by atoms with Crippen LogP contribution in [0.5, 0.6) is 0 Å². The molecule has 2 aliphatic rings. The number of anilines is 1. The molecule has 8 heteroatoms. The fourth-order valence-electron chi connectivity index (χ4n) is 4.86. The predicted octanol–water partition coefficient (Wildman–Crippen LogP) is 4.73. The number of likely N-dealkylation sites (tertiary alicyclic amines) is 1. The number of nitrogens with zero attached hydrogens (tertiary/aromatic N) is 1. The number of benzene rings is 3. The van der Waals surface area contributed by atoms with Gasteiger partial charge in [-0.25, -0.2) is 9.18 Å². The zero-order valence-corrected chi connectivity index (χ0v) is 18.7. The first-order chi connectivity index (χ1) is 16.9. The van der Waals surface area contributed by atoms with Gasteiger partial charge < -0.3 is 14.7 Å². The molecule has 3 aromatic rings. The maximum Gasteiger partial charge on any atom is 0.411 e. The van der Waals surface area contributed by atoms with Gasteiger partial charge >= 0.3 is 12.1 Å². The van der Waals surface area contributed by atoms with Crippen LogP contribution in [0.25, 0.3) is 11.1 Å². The second-order valence-corrected chi connectivity index (χ2v) is 8.72. The van der Waals surface area contributed by atoms with Gasteiger partial charge in [-0.05, 0) is 46.9 Å². The molecule has 7 nitrogen and oxygen atoms in total. The summed E-state index contributed by atoms with van der Waals surface area (Å²) in [6.45, 7) is 0.377. The van der Waals surface area contributed by atoms with Crippen LogP contribution < -0.4 is 5.32 Å². The van der Waals surface area contributed by atoms with Gasteiger partial charge in [-0.3, -0.25) is 14.9 Å². The first-order valence-electron chi connectivity index (χ1n) is 11.4. The van der Waals surface area contributed by atoms with Crippen LogP contribution in [0, 0.1) is 11.7 Å². The van der Waals surface area contributed by atoms with Crippen molar-refractivity contribution in [3.05, 3.63) is 89.2 Å². The minimum absolute atomic E-state index is 0.0368. The van der Waals surface area contributed by atoms with Crippen LogP contribution >= 0.6 is 0 Å². The van der Waals surface area contributed by atoms with Crippen LogP contribution in [0.15, 0.2) is 66.7 Å². The molecule has 1 fully saturated rings. The highest BCUT2D eigenvalue weighted by Crippen LogP contribution is 2.44. The van der Waals surface area contributed by atoms with E-state index < -0.39 is 29.7 Å². The number of carbonyl (C=O) groups excluding carboxylic acids is 2. The maximum absolute atomic E-state index is 14.0. The van der Waals surface area contributed by atoms with Crippen LogP contribution in [0.3, 0.4) is 0 Å². The van der Waals surface area contributed by atoms with E-state index in [1.165, 1.54) is 11.0 Å². The Morgan fingerprint density at radius 2 is 1.66 bits per heavy atom. The van der Waals surface area contributed by atoms with Crippen molar-refractivity contribution >= 4 is 23.7 Å². The highest BCUT2D eigenvalue weighted by molar-refractivity contribution is 6.03. The number of carbonyl (C=O) groups is 3. The second-order valence-electron chi connectivity index (χ2n) is 8.72. The molecule has 35 heavy (non-hydrogen) atoms. The summed E-state index contributed by atoms with van der Waals surface area (Å²) in [5.74, 6) is -2.94. The van der Waals surface area contributed by atoms with E-state index in [4.69, 9.17) is 4.74 Å². The number of rotatable bonds is 5. The van der Waals surface area contributed by atoms with E-state index in [0.29, 0.717) is 6.42 Å². The number of fused-ring (bicyclic) bond motifs is 3. The highest BCUT2D eigenvalue weighted by atomic mass is 19.1. The quantitative estimate of drug-likeness (QED) is 0.557. The van der Waals surface area contributed by atoms with Gasteiger partial charge in [-0.1, -0.05) is 48.5 Å². The minimum Gasteiger partial charge on any atom is -0.481 e. The SMILES string of the molecule is O=C(Nc1ccc(F)cc1C(=O)N1CCC(C(=O)O)C1)OCC1c2ccccc2-c2ccccc21. The van der Waals surface area contributed by atoms with E-state index in [1.807, 2.05) is 48.5 Å². The third-order valence-corrected chi connectivity index (χ3v) is 6.62. The molecular weight excluding hydrogens is 451 g/mol. The Labute approximate surface area is 201 Å². The second kappa shape index (κ2) is 9.21. The maximum atomic E-state index is 14.0. The van der Waals surface area contributed by atoms with Gasteiger partial charge in [0.25, 0.3) is 5.91 Å². The molecule has 0 bridgehead atoms. The van der Waals surface area contributed by atoms with E-state index in [9.17, 15) is 23.9 Å². The monoisotopic (exact) mass is 474 g/mol. The number of halogens is 1. The predicted molar refractivity (Wildman–Crippen MR) is 127 cm³/mol. The summed E-state index contributed by atoms with van der Waals surface area (Å²) >= 11 is 0. The molecule has 0 spiro atoms. The summed E-state index contributed by atoms with van der Waals surface area (Å²) in [4.78, 5) is 38.3. The number of aliphatic carboxylic acids is 1. The number of hydrogen-bond donors (Lipinski definition) is 2. The fraction of sp³-hybridized carbons (Fsp3) is 0.222. The van der Waals surface area contributed by atoms with Crippen molar-refractivity contribution in [2.75, 3.05) is 25.0 Å². The molecule has 5 rings (SSSR count). The Bertz CT molecular complexity index is 1280. The van der Waals surface area contributed by atoms with Gasteiger partial charge in [-0.15, -0.1) is 0 Å². The minimum atomic E-state index is -0.975. The molecular formula is C27H23FN2O5. The van der Waals surface area contributed by atoms with Gasteiger partial charge in [0, 0.05) is 19.0 Å². The van der Waals surface area contributed by atoms with Crippen LogP contribution in [0.1, 0.15) is 33.8 Å². The normalized spacial score (nSPS) is 16.5. The van der Waals surface area contributed by atoms with Crippen molar-refractivity contribution in [1.29, 1.82) is 0 Å². The van der Waals surface area contributed by atoms with Crippen LogP contribution in [-0.2, 0) is 9.53 Å². The van der Waals surface area contributed by atoms with Gasteiger partial charge in [0.15, 0.2) is 0 Å². The van der Waals surface area contributed by atoms with Crippen molar-refractivity contribution in [2.45, 2.75) is 12.3 Å². The molecule has 2 amide bonds. The molecule has 1 aliphatic heterocycles. The molecule has 1 atom stereocenters. The number of ether oxygens (including phenoxy) is 1. The molecule has 3 aromatic carbocycles. The molecule has 1 unspecified atom stereocenters. The third kappa shape index (κ3) is 4.35. The molecule has 1 aliphatic carbocycles. The molecule has 0 saturated carbocycles. The van der Waals surface area contributed by atoms with Crippen LogP contribution in [0.2, 0.25) is 0 Å². The van der Waals surface area contributed by atoms with Crippen LogP contribution in [0.4, 0.5) is 14.9 Å². The summed E-state index contributed by atoms with van der Waals surface area (Å²) < 4.78 is 19.5. The molecule has 2 N–H and O–H groups in total. The summed E-state index contributed by atoms with van der Waals surface area (Å²) in [6.07, 6.45) is -0.441. The van der Waals surface area contributed by atoms with E-state index in [0.717, 1.165) is 34.4 Å². The van der Waals surface area contributed by atoms with Gasteiger partial charge in [0.2, 0.25) is 0 Å². The smallest absolute Gasteiger partial charge is 0.411 e. The van der Waals surface area contributed by atoms with Gasteiger partial charge in [-0.2, -0.15) is 0 Å². The molecule has 178 valence electrons. The first-order valence-corrected chi connectivity index (χ1v) is 11.4. The summed E-state index contributed by atoms with van der Waals surface area (Å²) in [6, 6.07) is 19.4. The lowest BCUT2D eigenvalue weighted by Crippen LogP contribution is -2.31. The number of hydrogen-bond acceptors (Lipinski definition) is 4. The van der Waals surface area contributed by atoms with E-state index in [-0.39, 0.29) is 36.9 Å². The van der Waals surface area contributed by atoms with E-state index in [1.54, 1.807) is 0 Å². The largest absolute Gasteiger partial charge is 0.481 e. The Balaban J connectivity index is 1.30. The van der Waals surface area contributed by atoms with Crippen molar-refractivity contribution in [2.24, 2.45) is 5.92 Å². The summed E-state index contributed by atoms with van der Waals surface area (Å²) in [5.41, 5.74) is 4.40. The number of nitrogens with one attached hydrogen (secondary N) is 1. The molecule has 0 radical (unpaired) electrons. The average molecular weight is 474 g/mol. The molecule has 1 saturated heterocycles. The van der Waals surface area contributed by atoms with Crippen molar-refractivity contribution < 1.29 is 28.6 Å². The lowest BCUT2D eigenvalue weighted by atomic mass is 9.98. The van der Waals surface area contributed by atoms with Crippen molar-refractivity contribution in [3.63, 3.8) is 0 Å². The average Bonchev–Trinajstić information content (AvgIpc) is 3.47. The Morgan fingerprint density at radius 1 is 1.00 bits per heavy atom. The van der Waals surface area contributed by atoms with E-state index in [2.05, 4.69) is 5.32 Å². The van der Waals surface area contributed by atoms with Gasteiger partial charge in [0.1, 0.15) is 12.4 Å². The van der Waals surface area contributed by atoms with Crippen molar-refractivity contribution in [3.8, 4) is 11.1 Å². The highest BCUT2D eigenvalue weighted by Gasteiger charge is 2.33. The fourth-order valence-corrected chi connectivity index (χ4v) is 4.86. The Hall–Kier alpha value is -4.20. The third-order valence-electron chi connectivity index (χ3n) is 6.62. The topological polar surface area (TPSA) is 95.9 Å². The number of amides is 2. The molecule has 0 aromatic heterocycles. The van der Waals surface area contributed by atoms with Crippen LogP contribution in [-0.4, -0.2) is 47.7 Å². The zero-order valence-electron chi connectivity index (χ0n) is 18.7. The first kappa shape index (κ1) is 22.6. The Morgan fingerprint density at radius 3 is 2.29 bits per heavy atom. The van der Waals surface area contributed by atoms with Crippen molar-refractivity contribution in [1.82, 2.24) is 4.90 Å². The lowest BCUT2D eigenvalue weighted by molar-refractivity contribution is -0.141.